The Morgan fingerprint density at radius 1 is 0.339 bits per heavy atom. The van der Waals surface area contributed by atoms with Gasteiger partial charge in [-0.15, -0.1) is 0 Å². The van der Waals surface area contributed by atoms with Crippen LogP contribution in [0.3, 0.4) is 0 Å². The quantitative estimate of drug-likeness (QED) is 0.171. The summed E-state index contributed by atoms with van der Waals surface area (Å²) in [6, 6.07) is 58.5. The highest BCUT2D eigenvalue weighted by Gasteiger charge is 2.27. The Hall–Kier alpha value is -7.77. The highest BCUT2D eigenvalue weighted by Crippen LogP contribution is 2.43. The summed E-state index contributed by atoms with van der Waals surface area (Å²) in [5.74, 6) is 1.77. The Morgan fingerprint density at radius 2 is 0.804 bits per heavy atom. The third-order valence-electron chi connectivity index (χ3n) is 11.6. The van der Waals surface area contributed by atoms with E-state index in [0.717, 1.165) is 67.0 Å². The molecule has 0 amide bonds. The maximum Gasteiger partial charge on any atom is 0.182 e. The Kier molecular flexibility index (Phi) is 5.77. The van der Waals surface area contributed by atoms with Gasteiger partial charge >= 0.3 is 0 Å². The zero-order chi connectivity index (χ0) is 36.5. The van der Waals surface area contributed by atoms with E-state index in [0.29, 0.717) is 0 Å². The number of rotatable bonds is 3. The minimum atomic E-state index is 0.827. The van der Waals surface area contributed by atoms with Crippen molar-refractivity contribution in [1.82, 2.24) is 33.1 Å². The highest BCUT2D eigenvalue weighted by atomic mass is 15.2. The van der Waals surface area contributed by atoms with Crippen molar-refractivity contribution in [3.63, 3.8) is 0 Å². The van der Waals surface area contributed by atoms with Gasteiger partial charge in [0, 0.05) is 55.8 Å². The molecule has 0 unspecified atom stereocenters. The van der Waals surface area contributed by atoms with Gasteiger partial charge < -0.3 is 4.57 Å². The van der Waals surface area contributed by atoms with E-state index in [2.05, 4.69) is 170 Å². The molecule has 7 heteroatoms. The number of para-hydroxylation sites is 5. The Labute approximate surface area is 318 Å². The van der Waals surface area contributed by atoms with Crippen LogP contribution >= 0.6 is 0 Å². The van der Waals surface area contributed by atoms with Crippen molar-refractivity contribution >= 4 is 93.0 Å². The standard InChI is InChI=1S/C49H29N7/c1-2-14-30(15-3-1)53-38-21-8-6-18-33(38)36-29-44-37(28-43(36)53)34-19-7-11-24-41(34)55(44)49-48(54-39-22-9-4-16-31(39)32-17-5-10-23-40(32)54)52-47-35-20-12-26-50-45(35)46-42(56(47)49)25-13-27-51-46/h1-29H. The fraction of sp³-hybridized carbons (Fsp3) is 0. The summed E-state index contributed by atoms with van der Waals surface area (Å²) in [6.07, 6.45) is 3.70. The van der Waals surface area contributed by atoms with E-state index in [9.17, 15) is 0 Å². The smallest absolute Gasteiger partial charge is 0.182 e. The summed E-state index contributed by atoms with van der Waals surface area (Å²) in [6.45, 7) is 0. The van der Waals surface area contributed by atoms with Crippen LogP contribution in [0.5, 0.6) is 0 Å². The van der Waals surface area contributed by atoms with Crippen LogP contribution in [0.1, 0.15) is 0 Å². The minimum absolute atomic E-state index is 0.827. The van der Waals surface area contributed by atoms with Crippen LogP contribution < -0.4 is 0 Å². The summed E-state index contributed by atoms with van der Waals surface area (Å²) in [4.78, 5) is 15.5. The molecule has 0 aliphatic carbocycles. The fourth-order valence-electron chi connectivity index (χ4n) is 9.36. The van der Waals surface area contributed by atoms with Gasteiger partial charge in [-0.2, -0.15) is 0 Å². The second-order valence-corrected chi connectivity index (χ2v) is 14.5. The van der Waals surface area contributed by atoms with Gasteiger partial charge in [0.05, 0.1) is 38.6 Å². The van der Waals surface area contributed by atoms with Crippen molar-refractivity contribution in [2.75, 3.05) is 0 Å². The zero-order valence-electron chi connectivity index (χ0n) is 29.9. The predicted molar refractivity (Wildman–Crippen MR) is 229 cm³/mol. The first-order valence-corrected chi connectivity index (χ1v) is 18.9. The first kappa shape index (κ1) is 29.7. The summed E-state index contributed by atoms with van der Waals surface area (Å²) < 4.78 is 9.49. The molecule has 0 spiro atoms. The Balaban J connectivity index is 1.28. The van der Waals surface area contributed by atoms with Crippen molar-refractivity contribution in [1.29, 1.82) is 0 Å². The van der Waals surface area contributed by atoms with Crippen molar-refractivity contribution in [2.45, 2.75) is 0 Å². The van der Waals surface area contributed by atoms with Gasteiger partial charge in [0.25, 0.3) is 0 Å². The van der Waals surface area contributed by atoms with E-state index < -0.39 is 0 Å². The van der Waals surface area contributed by atoms with Gasteiger partial charge in [-0.3, -0.25) is 23.5 Å². The van der Waals surface area contributed by atoms with Crippen LogP contribution in [-0.2, 0) is 0 Å². The van der Waals surface area contributed by atoms with Crippen LogP contribution in [0.4, 0.5) is 0 Å². The third kappa shape index (κ3) is 3.78. The van der Waals surface area contributed by atoms with E-state index in [1.165, 1.54) is 43.4 Å². The number of pyridine rings is 3. The van der Waals surface area contributed by atoms with Gasteiger partial charge in [-0.25, -0.2) is 4.98 Å². The first-order chi connectivity index (χ1) is 27.8. The summed E-state index contributed by atoms with van der Waals surface area (Å²) >= 11 is 0. The lowest BCUT2D eigenvalue weighted by atomic mass is 10.1. The molecule has 13 rings (SSSR count). The van der Waals surface area contributed by atoms with Gasteiger partial charge in [-0.05, 0) is 72.8 Å². The number of aromatic nitrogens is 7. The molecule has 0 N–H and O–H groups in total. The monoisotopic (exact) mass is 715 g/mol. The third-order valence-corrected chi connectivity index (χ3v) is 11.6. The molecule has 13 aromatic rings. The number of fused-ring (bicyclic) bond motifs is 15. The van der Waals surface area contributed by atoms with E-state index in [4.69, 9.17) is 15.0 Å². The molecule has 7 heterocycles. The molecule has 6 aromatic carbocycles. The van der Waals surface area contributed by atoms with Crippen LogP contribution in [-0.4, -0.2) is 33.1 Å². The van der Waals surface area contributed by atoms with Crippen LogP contribution in [0.2, 0.25) is 0 Å². The molecule has 0 atom stereocenters. The lowest BCUT2D eigenvalue weighted by molar-refractivity contribution is 1.02. The maximum atomic E-state index is 5.69. The van der Waals surface area contributed by atoms with Gasteiger partial charge in [0.2, 0.25) is 0 Å². The van der Waals surface area contributed by atoms with Crippen molar-refractivity contribution < 1.29 is 0 Å². The van der Waals surface area contributed by atoms with E-state index >= 15 is 0 Å². The summed E-state index contributed by atoms with van der Waals surface area (Å²) in [5, 5.41) is 8.04. The molecule has 0 radical (unpaired) electrons. The molecule has 0 aliphatic heterocycles. The molecule has 7 aromatic heterocycles. The number of imidazole rings is 1. The number of benzene rings is 6. The molecular formula is C49H29N7. The van der Waals surface area contributed by atoms with Crippen LogP contribution in [0.15, 0.2) is 176 Å². The van der Waals surface area contributed by atoms with Crippen LogP contribution in [0, 0.1) is 0 Å². The van der Waals surface area contributed by atoms with E-state index in [1.807, 2.05) is 24.5 Å². The lowest BCUT2D eigenvalue weighted by Gasteiger charge is -2.14. The Bertz CT molecular complexity index is 3720. The molecule has 0 aliphatic rings. The molecule has 260 valence electrons. The average molecular weight is 716 g/mol. The summed E-state index contributed by atoms with van der Waals surface area (Å²) in [5.41, 5.74) is 11.3. The topological polar surface area (TPSA) is 57.9 Å². The van der Waals surface area contributed by atoms with Gasteiger partial charge in [-0.1, -0.05) is 91.0 Å². The van der Waals surface area contributed by atoms with Crippen LogP contribution in [0.25, 0.3) is 110 Å². The first-order valence-electron chi connectivity index (χ1n) is 18.9. The molecule has 0 saturated heterocycles. The Morgan fingerprint density at radius 3 is 1.45 bits per heavy atom. The maximum absolute atomic E-state index is 5.69. The van der Waals surface area contributed by atoms with E-state index in [-0.39, 0.29) is 0 Å². The van der Waals surface area contributed by atoms with Gasteiger partial charge in [0.1, 0.15) is 11.0 Å². The summed E-state index contributed by atoms with van der Waals surface area (Å²) in [7, 11) is 0. The molecule has 56 heavy (non-hydrogen) atoms. The molecule has 0 bridgehead atoms. The number of hydrogen-bond donors (Lipinski definition) is 0. The predicted octanol–water partition coefficient (Wildman–Crippen LogP) is 11.7. The van der Waals surface area contributed by atoms with E-state index in [1.54, 1.807) is 0 Å². The molecule has 0 fully saturated rings. The number of hydrogen-bond acceptors (Lipinski definition) is 3. The van der Waals surface area contributed by atoms with Crippen molar-refractivity contribution in [2.24, 2.45) is 0 Å². The lowest BCUT2D eigenvalue weighted by Crippen LogP contribution is -2.06. The van der Waals surface area contributed by atoms with Gasteiger partial charge in [0.15, 0.2) is 17.3 Å². The average Bonchev–Trinajstić information content (AvgIpc) is 3.99. The normalized spacial score (nSPS) is 12.3. The largest absolute Gasteiger partial charge is 0.309 e. The number of nitrogens with zero attached hydrogens (tertiary/aromatic N) is 7. The van der Waals surface area contributed by atoms with Crippen molar-refractivity contribution in [3.8, 4) is 17.3 Å². The second kappa shape index (κ2) is 10.9. The second-order valence-electron chi connectivity index (χ2n) is 14.5. The zero-order valence-corrected chi connectivity index (χ0v) is 29.9. The minimum Gasteiger partial charge on any atom is -0.309 e. The molecule has 0 saturated carbocycles. The van der Waals surface area contributed by atoms with Crippen molar-refractivity contribution in [3.05, 3.63) is 176 Å². The molecular weight excluding hydrogens is 687 g/mol. The highest BCUT2D eigenvalue weighted by molar-refractivity contribution is 6.20. The SMILES string of the molecule is c1ccc(-n2c3ccccc3c3cc4c(cc32)c2ccccc2n4-c2c(-n3c4ccccc4c4ccccc43)nc3c4cccnc4c4ncccc4n23)cc1. The fourth-order valence-corrected chi connectivity index (χ4v) is 9.36. The molecule has 7 nitrogen and oxygen atoms in total.